The first-order valence-corrected chi connectivity index (χ1v) is 9.55. The van der Waals surface area contributed by atoms with Gasteiger partial charge in [0.15, 0.2) is 0 Å². The molecule has 94 valence electrons. The van der Waals surface area contributed by atoms with Gasteiger partial charge >= 0.3 is 8.35 Å². The number of hydrogen-bond acceptors (Lipinski definition) is 1. The van der Waals surface area contributed by atoms with E-state index in [1.54, 1.807) is 12.6 Å². The Bertz CT molecular complexity index is 447. The molecule has 1 aromatic carbocycles. The lowest BCUT2D eigenvalue weighted by Crippen LogP contribution is -2.11. The summed E-state index contributed by atoms with van der Waals surface area (Å²) in [5.74, 6) is 0.403. The fraction of sp³-hybridized carbons (Fsp3) is 0.200. The fourth-order valence-electron chi connectivity index (χ4n) is 1.27. The van der Waals surface area contributed by atoms with E-state index >= 15 is 0 Å². The first-order valence-electron chi connectivity index (χ1n) is 4.66. The topological polar surface area (TPSA) is 9.23 Å². The quantitative estimate of drug-likeness (QED) is 0.229. The molecular weight excluding hydrogens is 341 g/mol. The Hall–Kier alpha value is 0.427. The highest BCUT2D eigenvalue weighted by Gasteiger charge is 2.21. The Morgan fingerprint density at radius 2 is 1.65 bits per heavy atom. The van der Waals surface area contributed by atoms with Crippen LogP contribution in [-0.4, -0.2) is 8.35 Å². The van der Waals surface area contributed by atoms with Crippen LogP contribution in [0.1, 0.15) is 5.56 Å². The van der Waals surface area contributed by atoms with Crippen LogP contribution in [0.25, 0.3) is 0 Å². The van der Waals surface area contributed by atoms with Crippen molar-refractivity contribution in [1.82, 2.24) is 0 Å². The van der Waals surface area contributed by atoms with E-state index < -0.39 is 8.35 Å². The maximum absolute atomic E-state index is 6.11. The van der Waals surface area contributed by atoms with Gasteiger partial charge in [-0.2, -0.15) is 0 Å². The molecule has 1 nitrogen and oxygen atoms in total. The second-order valence-corrected chi connectivity index (χ2v) is 7.89. The third kappa shape index (κ3) is 3.46. The summed E-state index contributed by atoms with van der Waals surface area (Å²) < 4.78 is 5.54. The molecule has 0 amide bonds. The third-order valence-electron chi connectivity index (χ3n) is 1.95. The van der Waals surface area contributed by atoms with Gasteiger partial charge in [-0.15, -0.1) is 17.7 Å². The van der Waals surface area contributed by atoms with Gasteiger partial charge in [-0.05, 0) is 13.0 Å². The van der Waals surface area contributed by atoms with Crippen molar-refractivity contribution in [3.63, 3.8) is 0 Å². The zero-order valence-electron chi connectivity index (χ0n) is 8.87. The maximum atomic E-state index is 6.11. The van der Waals surface area contributed by atoms with Crippen LogP contribution in [0.3, 0.4) is 0 Å². The van der Waals surface area contributed by atoms with Gasteiger partial charge in [0.05, 0.1) is 15.1 Å². The van der Waals surface area contributed by atoms with Crippen LogP contribution in [0.15, 0.2) is 12.7 Å². The lowest BCUT2D eigenvalue weighted by Gasteiger charge is -2.17. The first-order chi connectivity index (χ1) is 7.90. The van der Waals surface area contributed by atoms with Gasteiger partial charge in [-0.3, -0.25) is 0 Å². The molecule has 1 rings (SSSR count). The first kappa shape index (κ1) is 15.5. The van der Waals surface area contributed by atoms with Crippen LogP contribution >= 0.6 is 57.5 Å². The molecule has 0 spiro atoms. The van der Waals surface area contributed by atoms with Crippen LogP contribution in [0.4, 0.5) is 0 Å². The highest BCUT2D eigenvalue weighted by molar-refractivity contribution is 7.02. The van der Waals surface area contributed by atoms with Gasteiger partial charge in [-0.25, -0.2) is 0 Å². The van der Waals surface area contributed by atoms with E-state index in [0.717, 1.165) is 0 Å². The van der Waals surface area contributed by atoms with E-state index in [1.165, 1.54) is 0 Å². The molecule has 0 aliphatic carbocycles. The Kier molecular flexibility index (Phi) is 5.97. The fourth-order valence-corrected chi connectivity index (χ4v) is 3.19. The van der Waals surface area contributed by atoms with Crippen molar-refractivity contribution in [2.24, 2.45) is 0 Å². The van der Waals surface area contributed by atoms with Gasteiger partial charge in [-0.1, -0.05) is 52.5 Å². The van der Waals surface area contributed by atoms with Crippen LogP contribution in [-0.2, 0) is 6.42 Å². The van der Waals surface area contributed by atoms with Crippen molar-refractivity contribution in [2.45, 2.75) is 13.0 Å². The predicted molar refractivity (Wildman–Crippen MR) is 79.9 cm³/mol. The second kappa shape index (κ2) is 6.55. The Morgan fingerprint density at radius 1 is 1.12 bits per heavy atom. The Labute approximate surface area is 127 Å². The second-order valence-electron chi connectivity index (χ2n) is 3.22. The Balaban J connectivity index is 3.47. The summed E-state index contributed by atoms with van der Waals surface area (Å²) in [4.78, 5) is 0. The SMILES string of the molecule is C=CCc1c(Cl)c(Cl)c(Cl)c(Cl)c1O[SiH](C)Cl. The lowest BCUT2D eigenvalue weighted by atomic mass is 10.1. The summed E-state index contributed by atoms with van der Waals surface area (Å²) in [6.45, 7) is 5.44. The Morgan fingerprint density at radius 3 is 2.12 bits per heavy atom. The predicted octanol–water partition coefficient (Wildman–Crippen LogP) is 5.50. The molecule has 0 radical (unpaired) electrons. The molecule has 1 unspecified atom stereocenters. The van der Waals surface area contributed by atoms with Crippen molar-refractivity contribution in [3.8, 4) is 5.75 Å². The minimum atomic E-state index is -1.84. The average Bonchev–Trinajstić information content (AvgIpc) is 2.28. The molecule has 0 bridgehead atoms. The molecule has 0 saturated carbocycles. The van der Waals surface area contributed by atoms with Crippen LogP contribution in [0, 0.1) is 0 Å². The van der Waals surface area contributed by atoms with Crippen LogP contribution < -0.4 is 4.43 Å². The molecule has 0 N–H and O–H groups in total. The molecule has 0 aliphatic heterocycles. The van der Waals surface area contributed by atoms with E-state index in [4.69, 9.17) is 61.9 Å². The molecule has 0 saturated heterocycles. The van der Waals surface area contributed by atoms with E-state index in [9.17, 15) is 0 Å². The smallest absolute Gasteiger partial charge is 0.328 e. The van der Waals surface area contributed by atoms with Gasteiger partial charge in [0, 0.05) is 5.56 Å². The van der Waals surface area contributed by atoms with Crippen molar-refractivity contribution >= 4 is 65.8 Å². The molecular formula is C10H9Cl5OSi. The normalized spacial score (nSPS) is 12.4. The number of benzene rings is 1. The molecule has 0 heterocycles. The maximum Gasteiger partial charge on any atom is 0.328 e. The minimum absolute atomic E-state index is 0.174. The van der Waals surface area contributed by atoms with Crippen LogP contribution in [0.5, 0.6) is 5.75 Å². The van der Waals surface area contributed by atoms with Gasteiger partial charge in [0.2, 0.25) is 0 Å². The molecule has 17 heavy (non-hydrogen) atoms. The van der Waals surface area contributed by atoms with Crippen LogP contribution in [0.2, 0.25) is 26.6 Å². The number of hydrogen-bond donors (Lipinski definition) is 0. The average molecular weight is 351 g/mol. The van der Waals surface area contributed by atoms with Crippen molar-refractivity contribution < 1.29 is 4.43 Å². The molecule has 0 fully saturated rings. The van der Waals surface area contributed by atoms with E-state index in [2.05, 4.69) is 6.58 Å². The van der Waals surface area contributed by atoms with E-state index in [1.807, 2.05) is 0 Å². The number of halogens is 5. The molecule has 1 atom stereocenters. The highest BCUT2D eigenvalue weighted by atomic mass is 35.6. The lowest BCUT2D eigenvalue weighted by molar-refractivity contribution is 0.586. The zero-order chi connectivity index (χ0) is 13.2. The summed E-state index contributed by atoms with van der Waals surface area (Å²) in [6.07, 6.45) is 2.15. The summed E-state index contributed by atoms with van der Waals surface area (Å²) >= 11 is 30.0. The molecule has 7 heteroatoms. The zero-order valence-corrected chi connectivity index (χ0v) is 13.8. The van der Waals surface area contributed by atoms with Crippen molar-refractivity contribution in [1.29, 1.82) is 0 Å². The van der Waals surface area contributed by atoms with E-state index in [0.29, 0.717) is 22.8 Å². The molecule has 1 aromatic rings. The summed E-state index contributed by atoms with van der Waals surface area (Å²) in [5.41, 5.74) is 0.654. The number of allylic oxidation sites excluding steroid dienone is 1. The third-order valence-corrected chi connectivity index (χ3v) is 4.60. The molecule has 0 aromatic heterocycles. The van der Waals surface area contributed by atoms with Crippen molar-refractivity contribution in [3.05, 3.63) is 38.3 Å². The van der Waals surface area contributed by atoms with Crippen molar-refractivity contribution in [2.75, 3.05) is 0 Å². The minimum Gasteiger partial charge on any atom is -0.531 e. The summed E-state index contributed by atoms with van der Waals surface area (Å²) in [5, 5.41) is 0.944. The van der Waals surface area contributed by atoms with E-state index in [-0.39, 0.29) is 15.1 Å². The standard InChI is InChI=1S/C10H9Cl5OSi/c1-3-4-5-6(11)7(12)8(13)9(14)10(5)16-17(2)15/h3,17H,1,4H2,2H3. The monoisotopic (exact) mass is 348 g/mol. The van der Waals surface area contributed by atoms with Gasteiger partial charge in [0.25, 0.3) is 0 Å². The molecule has 0 aliphatic rings. The summed E-state index contributed by atoms with van der Waals surface area (Å²) in [6, 6.07) is 0. The van der Waals surface area contributed by atoms with Gasteiger partial charge < -0.3 is 4.43 Å². The highest BCUT2D eigenvalue weighted by Crippen LogP contribution is 2.46. The summed E-state index contributed by atoms with van der Waals surface area (Å²) in [7, 11) is -1.84. The number of rotatable bonds is 4. The van der Waals surface area contributed by atoms with Gasteiger partial charge in [0.1, 0.15) is 10.8 Å². The largest absolute Gasteiger partial charge is 0.531 e.